The highest BCUT2D eigenvalue weighted by molar-refractivity contribution is 7.80. The number of thiol groups is 1. The molecule has 0 saturated heterocycles. The van der Waals surface area contributed by atoms with Crippen LogP contribution in [0.5, 0.6) is 0 Å². The average Bonchev–Trinajstić information content (AvgIpc) is 2.99. The third-order valence-corrected chi connectivity index (χ3v) is 3.36. The van der Waals surface area contributed by atoms with Crippen molar-refractivity contribution in [2.45, 2.75) is 26.2 Å². The van der Waals surface area contributed by atoms with E-state index in [1.165, 1.54) is 0 Å². The van der Waals surface area contributed by atoms with Crippen molar-refractivity contribution in [2.75, 3.05) is 11.5 Å². The Kier molecular flexibility index (Phi) is 6.53. The van der Waals surface area contributed by atoms with E-state index in [0.29, 0.717) is 16.6 Å². The Morgan fingerprint density at radius 1 is 1.22 bits per heavy atom. The van der Waals surface area contributed by atoms with Gasteiger partial charge < -0.3 is 16.0 Å². The van der Waals surface area contributed by atoms with Gasteiger partial charge in [-0.1, -0.05) is 24.2 Å². The molecule has 3 aromatic rings. The van der Waals surface area contributed by atoms with Crippen molar-refractivity contribution in [3.63, 3.8) is 0 Å². The van der Waals surface area contributed by atoms with Gasteiger partial charge in [0.15, 0.2) is 0 Å². The van der Waals surface area contributed by atoms with E-state index in [0.717, 1.165) is 22.0 Å². The summed E-state index contributed by atoms with van der Waals surface area (Å²) in [4.78, 5) is 0.834. The van der Waals surface area contributed by atoms with Gasteiger partial charge in [-0.05, 0) is 32.0 Å². The summed E-state index contributed by atoms with van der Waals surface area (Å²) >= 11 is 10.3. The van der Waals surface area contributed by atoms with Crippen LogP contribution in [0, 0.1) is 13.8 Å². The van der Waals surface area contributed by atoms with E-state index in [1.807, 2.05) is 26.0 Å². The summed E-state index contributed by atoms with van der Waals surface area (Å²) in [6, 6.07) is 7.12. The summed E-state index contributed by atoms with van der Waals surface area (Å²) in [6.45, 7) is 3.67. The van der Waals surface area contributed by atoms with E-state index in [-0.39, 0.29) is 7.43 Å². The van der Waals surface area contributed by atoms with Crippen LogP contribution in [0.3, 0.4) is 0 Å². The lowest BCUT2D eigenvalue weighted by Gasteiger charge is -2.04. The smallest absolute Gasteiger partial charge is 0.222 e. The van der Waals surface area contributed by atoms with Gasteiger partial charge in [-0.15, -0.1) is 12.6 Å². The molecule has 0 unspecified atom stereocenters. The zero-order valence-electron chi connectivity index (χ0n) is 12.1. The highest BCUT2D eigenvalue weighted by Gasteiger charge is 2.07. The van der Waals surface area contributed by atoms with Gasteiger partial charge in [0.2, 0.25) is 5.88 Å². The maximum Gasteiger partial charge on any atom is 0.222 e. The third kappa shape index (κ3) is 4.94. The highest BCUT2D eigenvalue weighted by Crippen LogP contribution is 2.24. The lowest BCUT2D eigenvalue weighted by atomic mass is 10.3. The van der Waals surface area contributed by atoms with E-state index >= 15 is 0 Å². The van der Waals surface area contributed by atoms with Crippen molar-refractivity contribution < 1.29 is 4.52 Å². The Balaban J connectivity index is 0.000000280. The lowest BCUT2D eigenvalue weighted by molar-refractivity contribution is 0.431. The largest absolute Gasteiger partial charge is 0.396 e. The minimum atomic E-state index is 0. The molecule has 4 N–H and O–H groups in total. The first-order valence-electron chi connectivity index (χ1n) is 6.36. The minimum absolute atomic E-state index is 0. The van der Waals surface area contributed by atoms with E-state index in [2.05, 4.69) is 27.4 Å². The van der Waals surface area contributed by atoms with Crippen LogP contribution in [-0.4, -0.2) is 14.9 Å². The topological polar surface area (TPSA) is 95.9 Å². The Labute approximate surface area is 145 Å². The summed E-state index contributed by atoms with van der Waals surface area (Å²) in [5.74, 6) is 0.373. The maximum atomic E-state index is 6.06. The lowest BCUT2D eigenvalue weighted by Crippen LogP contribution is -1.95. The summed E-state index contributed by atoms with van der Waals surface area (Å²) in [5, 5.41) is 8.39. The molecule has 0 aliphatic carbocycles. The number of nitrogens with zero attached hydrogens (tertiary/aromatic N) is 3. The fourth-order valence-corrected chi connectivity index (χ4v) is 2.06. The molecule has 0 saturated carbocycles. The fourth-order valence-electron chi connectivity index (χ4n) is 1.66. The Morgan fingerprint density at radius 3 is 2.35 bits per heavy atom. The molecule has 0 bridgehead atoms. The number of nitrogens with two attached hydrogens (primary N) is 2. The molecule has 0 fully saturated rings. The number of hydrogen-bond donors (Lipinski definition) is 3. The average molecular weight is 354 g/mol. The summed E-state index contributed by atoms with van der Waals surface area (Å²) in [7, 11) is 0. The number of rotatable bonds is 1. The predicted octanol–water partition coefficient (Wildman–Crippen LogP) is 3.91. The third-order valence-electron chi connectivity index (χ3n) is 2.76. The van der Waals surface area contributed by atoms with Crippen LogP contribution in [0.2, 0.25) is 5.02 Å². The molecule has 3 rings (SSSR count). The van der Waals surface area contributed by atoms with Crippen molar-refractivity contribution in [3.8, 4) is 5.69 Å². The molecule has 1 aromatic carbocycles. The second-order valence-electron chi connectivity index (χ2n) is 4.62. The van der Waals surface area contributed by atoms with Gasteiger partial charge in [-0.3, -0.25) is 0 Å². The van der Waals surface area contributed by atoms with Crippen molar-refractivity contribution in [1.82, 2.24) is 14.9 Å². The SMILES string of the molecule is C.Cc1cc(N)on1.Cc1nn(-c2cc(S)ccc2Cl)cc1N. The molecule has 0 amide bonds. The van der Waals surface area contributed by atoms with E-state index in [1.54, 1.807) is 23.0 Å². The highest BCUT2D eigenvalue weighted by atomic mass is 35.5. The standard InChI is InChI=1S/C10H10ClN3S.C4H6N2O.CH4/c1-6-9(12)5-14(13-6)10-4-7(15)2-3-8(10)11;1-3-2-4(5)7-6-3;/h2-5,15H,12H2,1H3;2H,5H2,1H3;1H4. The van der Waals surface area contributed by atoms with Gasteiger partial charge in [0.05, 0.1) is 34.0 Å². The van der Waals surface area contributed by atoms with Gasteiger partial charge in [0, 0.05) is 11.0 Å². The van der Waals surface area contributed by atoms with E-state index in [4.69, 9.17) is 23.1 Å². The molecule has 23 heavy (non-hydrogen) atoms. The molecule has 2 aromatic heterocycles. The minimum Gasteiger partial charge on any atom is -0.396 e. The number of aryl methyl sites for hydroxylation is 2. The molecule has 0 atom stereocenters. The van der Waals surface area contributed by atoms with Crippen LogP contribution in [-0.2, 0) is 0 Å². The molecule has 6 nitrogen and oxygen atoms in total. The van der Waals surface area contributed by atoms with Gasteiger partial charge in [-0.2, -0.15) is 5.10 Å². The molecule has 124 valence electrons. The summed E-state index contributed by atoms with van der Waals surface area (Å²) in [6.07, 6.45) is 1.74. The van der Waals surface area contributed by atoms with Crippen molar-refractivity contribution in [1.29, 1.82) is 0 Å². The molecule has 2 heterocycles. The number of anilines is 2. The first-order chi connectivity index (χ1) is 10.4. The molecule has 0 aliphatic rings. The van der Waals surface area contributed by atoms with Crippen molar-refractivity contribution in [3.05, 3.63) is 46.9 Å². The second-order valence-corrected chi connectivity index (χ2v) is 5.54. The summed E-state index contributed by atoms with van der Waals surface area (Å²) < 4.78 is 6.15. The monoisotopic (exact) mass is 353 g/mol. The number of halogens is 1. The Hall–Kier alpha value is -2.12. The maximum absolute atomic E-state index is 6.06. The first-order valence-corrected chi connectivity index (χ1v) is 7.18. The zero-order chi connectivity index (χ0) is 16.3. The van der Waals surface area contributed by atoms with Crippen LogP contribution in [0.25, 0.3) is 5.69 Å². The quantitative estimate of drug-likeness (QED) is 0.576. The Bertz CT molecular complexity index is 748. The van der Waals surface area contributed by atoms with Crippen LogP contribution >= 0.6 is 24.2 Å². The van der Waals surface area contributed by atoms with Gasteiger partial charge >= 0.3 is 0 Å². The van der Waals surface area contributed by atoms with E-state index < -0.39 is 0 Å². The van der Waals surface area contributed by atoms with Crippen LogP contribution in [0.1, 0.15) is 18.8 Å². The van der Waals surface area contributed by atoms with Crippen molar-refractivity contribution in [2.24, 2.45) is 0 Å². The van der Waals surface area contributed by atoms with Gasteiger partial charge in [0.25, 0.3) is 0 Å². The number of nitrogen functional groups attached to an aromatic ring is 2. The van der Waals surface area contributed by atoms with Crippen molar-refractivity contribution >= 4 is 35.8 Å². The van der Waals surface area contributed by atoms with Gasteiger partial charge in [-0.25, -0.2) is 4.68 Å². The second kappa shape index (κ2) is 7.94. The molecular weight excluding hydrogens is 334 g/mol. The fraction of sp³-hybridized carbons (Fsp3) is 0.200. The molecule has 8 heteroatoms. The number of aromatic nitrogens is 3. The first kappa shape index (κ1) is 18.9. The number of benzene rings is 1. The number of hydrogen-bond acceptors (Lipinski definition) is 6. The molecule has 0 aliphatic heterocycles. The van der Waals surface area contributed by atoms with Crippen LogP contribution < -0.4 is 11.5 Å². The molecule has 0 radical (unpaired) electrons. The normalized spacial score (nSPS) is 9.74. The zero-order valence-corrected chi connectivity index (χ0v) is 13.8. The van der Waals surface area contributed by atoms with E-state index in [9.17, 15) is 0 Å². The summed E-state index contributed by atoms with van der Waals surface area (Å²) in [5.41, 5.74) is 13.9. The van der Waals surface area contributed by atoms with Crippen LogP contribution in [0.4, 0.5) is 11.6 Å². The molecule has 0 spiro atoms. The van der Waals surface area contributed by atoms with Gasteiger partial charge in [0.1, 0.15) is 0 Å². The predicted molar refractivity (Wildman–Crippen MR) is 97.4 cm³/mol. The Morgan fingerprint density at radius 2 is 1.91 bits per heavy atom. The van der Waals surface area contributed by atoms with Crippen LogP contribution in [0.15, 0.2) is 39.9 Å². The molecular formula is C15H20ClN5OS.